The number of fused-ring (bicyclic) bond motifs is 1. The lowest BCUT2D eigenvalue weighted by Crippen LogP contribution is -2.36. The van der Waals surface area contributed by atoms with E-state index in [2.05, 4.69) is 10.1 Å². The van der Waals surface area contributed by atoms with E-state index < -0.39 is 11.9 Å². The molecule has 1 aliphatic heterocycles. The molecule has 0 amide bonds. The Morgan fingerprint density at radius 2 is 2.04 bits per heavy atom. The minimum absolute atomic E-state index is 0.0606. The van der Waals surface area contributed by atoms with Gasteiger partial charge >= 0.3 is 6.18 Å². The van der Waals surface area contributed by atoms with E-state index in [1.54, 1.807) is 7.05 Å². The van der Waals surface area contributed by atoms with Crippen molar-refractivity contribution in [1.29, 1.82) is 0 Å². The molecular formula is C14H16F3N5O. The third-order valence-electron chi connectivity index (χ3n) is 4.02. The van der Waals surface area contributed by atoms with Crippen molar-refractivity contribution in [3.05, 3.63) is 45.4 Å². The number of hydrogen-bond donors (Lipinski definition) is 0. The summed E-state index contributed by atoms with van der Waals surface area (Å²) in [4.78, 5) is 18.2. The Labute approximate surface area is 130 Å². The van der Waals surface area contributed by atoms with Crippen LogP contribution in [0.5, 0.6) is 0 Å². The largest absolute Gasteiger partial charge is 0.435 e. The third kappa shape index (κ3) is 3.00. The smallest absolute Gasteiger partial charge is 0.302 e. The van der Waals surface area contributed by atoms with Crippen LogP contribution in [0, 0.1) is 0 Å². The van der Waals surface area contributed by atoms with Gasteiger partial charge in [-0.3, -0.25) is 14.4 Å². The summed E-state index contributed by atoms with van der Waals surface area (Å²) < 4.78 is 40.8. The molecule has 0 saturated heterocycles. The Hall–Kier alpha value is -2.16. The van der Waals surface area contributed by atoms with Gasteiger partial charge in [-0.1, -0.05) is 0 Å². The molecule has 2 aromatic rings. The highest BCUT2D eigenvalue weighted by molar-refractivity contribution is 5.20. The molecule has 2 aromatic heterocycles. The molecule has 124 valence electrons. The van der Waals surface area contributed by atoms with Crippen LogP contribution >= 0.6 is 0 Å². The van der Waals surface area contributed by atoms with Gasteiger partial charge < -0.3 is 4.57 Å². The lowest BCUT2D eigenvalue weighted by molar-refractivity contribution is -0.141. The summed E-state index contributed by atoms with van der Waals surface area (Å²) in [6.07, 6.45) is -2.44. The molecule has 0 atom stereocenters. The summed E-state index contributed by atoms with van der Waals surface area (Å²) in [6.45, 7) is 1.37. The zero-order valence-electron chi connectivity index (χ0n) is 12.8. The number of hydrogen-bond acceptors (Lipinski definition) is 4. The number of nitrogens with zero attached hydrogens (tertiary/aromatic N) is 5. The van der Waals surface area contributed by atoms with Gasteiger partial charge in [0, 0.05) is 39.3 Å². The van der Waals surface area contributed by atoms with Gasteiger partial charge in [0.25, 0.3) is 5.56 Å². The van der Waals surface area contributed by atoms with E-state index >= 15 is 0 Å². The highest BCUT2D eigenvalue weighted by Crippen LogP contribution is 2.29. The summed E-state index contributed by atoms with van der Waals surface area (Å²) in [6, 6.07) is 1.06. The van der Waals surface area contributed by atoms with Crippen molar-refractivity contribution in [2.75, 3.05) is 6.54 Å². The van der Waals surface area contributed by atoms with Crippen molar-refractivity contribution >= 4 is 0 Å². The highest BCUT2D eigenvalue weighted by atomic mass is 19.4. The SMILES string of the molecule is Cn1nc(C(F)(F)F)cc1CN1CCc2c(ncn(C)c2=O)C1. The van der Waals surface area contributed by atoms with Crippen LogP contribution in [0.2, 0.25) is 0 Å². The second kappa shape index (κ2) is 5.48. The Bertz CT molecular complexity index is 793. The van der Waals surface area contributed by atoms with Crippen LogP contribution in [0.1, 0.15) is 22.6 Å². The topological polar surface area (TPSA) is 56.0 Å². The van der Waals surface area contributed by atoms with Gasteiger partial charge in [0.1, 0.15) is 0 Å². The fraction of sp³-hybridized carbons (Fsp3) is 0.500. The number of aromatic nitrogens is 4. The summed E-state index contributed by atoms with van der Waals surface area (Å²) in [7, 11) is 3.15. The van der Waals surface area contributed by atoms with Crippen LogP contribution in [-0.4, -0.2) is 30.8 Å². The highest BCUT2D eigenvalue weighted by Gasteiger charge is 2.34. The summed E-state index contributed by atoms with van der Waals surface area (Å²) in [5.41, 5.74) is 0.906. The van der Waals surface area contributed by atoms with Crippen molar-refractivity contribution in [2.45, 2.75) is 25.7 Å². The fourth-order valence-electron chi connectivity index (χ4n) is 2.73. The second-order valence-corrected chi connectivity index (χ2v) is 5.69. The maximum atomic E-state index is 12.7. The van der Waals surface area contributed by atoms with Gasteiger partial charge in [0.15, 0.2) is 5.69 Å². The Morgan fingerprint density at radius 3 is 2.70 bits per heavy atom. The first-order valence-electron chi connectivity index (χ1n) is 7.11. The van der Waals surface area contributed by atoms with Crippen LogP contribution in [0.4, 0.5) is 13.2 Å². The molecule has 3 heterocycles. The summed E-state index contributed by atoms with van der Waals surface area (Å²) >= 11 is 0. The first kappa shape index (κ1) is 15.7. The minimum atomic E-state index is -4.45. The Morgan fingerprint density at radius 1 is 1.30 bits per heavy atom. The number of rotatable bonds is 2. The normalized spacial score (nSPS) is 15.7. The van der Waals surface area contributed by atoms with E-state index in [0.29, 0.717) is 43.0 Å². The molecule has 23 heavy (non-hydrogen) atoms. The third-order valence-corrected chi connectivity index (χ3v) is 4.02. The number of aryl methyl sites for hydroxylation is 2. The molecule has 0 radical (unpaired) electrons. The molecule has 3 rings (SSSR count). The predicted octanol–water partition coefficient (Wildman–Crippen LogP) is 1.09. The van der Waals surface area contributed by atoms with Gasteiger partial charge in [-0.05, 0) is 12.5 Å². The molecule has 0 unspecified atom stereocenters. The fourth-order valence-corrected chi connectivity index (χ4v) is 2.73. The van der Waals surface area contributed by atoms with Crippen LogP contribution < -0.4 is 5.56 Å². The zero-order valence-corrected chi connectivity index (χ0v) is 12.8. The Kier molecular flexibility index (Phi) is 3.75. The van der Waals surface area contributed by atoms with Gasteiger partial charge in [-0.2, -0.15) is 18.3 Å². The average Bonchev–Trinajstić information content (AvgIpc) is 2.84. The van der Waals surface area contributed by atoms with E-state index in [1.807, 2.05) is 4.90 Å². The first-order chi connectivity index (χ1) is 10.8. The van der Waals surface area contributed by atoms with E-state index in [4.69, 9.17) is 0 Å². The quantitative estimate of drug-likeness (QED) is 0.829. The number of alkyl halides is 3. The Balaban J connectivity index is 1.79. The maximum Gasteiger partial charge on any atom is 0.435 e. The molecular weight excluding hydrogens is 311 g/mol. The van der Waals surface area contributed by atoms with E-state index in [9.17, 15) is 18.0 Å². The average molecular weight is 327 g/mol. The van der Waals surface area contributed by atoms with Crippen molar-refractivity contribution < 1.29 is 13.2 Å². The van der Waals surface area contributed by atoms with Gasteiger partial charge in [-0.15, -0.1) is 0 Å². The summed E-state index contributed by atoms with van der Waals surface area (Å²) in [5.74, 6) is 0. The van der Waals surface area contributed by atoms with Gasteiger partial charge in [-0.25, -0.2) is 4.98 Å². The van der Waals surface area contributed by atoms with E-state index in [0.717, 1.165) is 6.07 Å². The van der Waals surface area contributed by atoms with Crippen molar-refractivity contribution in [3.63, 3.8) is 0 Å². The van der Waals surface area contributed by atoms with E-state index in [1.165, 1.54) is 22.6 Å². The molecule has 1 aliphatic rings. The van der Waals surface area contributed by atoms with Gasteiger partial charge in [0.05, 0.1) is 17.7 Å². The van der Waals surface area contributed by atoms with Crippen LogP contribution in [0.15, 0.2) is 17.2 Å². The number of halogens is 3. The lowest BCUT2D eigenvalue weighted by atomic mass is 10.1. The molecule has 0 spiro atoms. The lowest BCUT2D eigenvalue weighted by Gasteiger charge is -2.27. The van der Waals surface area contributed by atoms with Crippen LogP contribution in [0.3, 0.4) is 0 Å². The zero-order chi connectivity index (χ0) is 16.8. The van der Waals surface area contributed by atoms with Crippen molar-refractivity contribution in [1.82, 2.24) is 24.2 Å². The molecule has 0 fully saturated rings. The van der Waals surface area contributed by atoms with E-state index in [-0.39, 0.29) is 5.56 Å². The minimum Gasteiger partial charge on any atom is -0.302 e. The van der Waals surface area contributed by atoms with Gasteiger partial charge in [0.2, 0.25) is 0 Å². The second-order valence-electron chi connectivity index (χ2n) is 5.69. The monoisotopic (exact) mass is 327 g/mol. The van der Waals surface area contributed by atoms with Crippen LogP contribution in [0.25, 0.3) is 0 Å². The predicted molar refractivity (Wildman–Crippen MR) is 75.5 cm³/mol. The molecule has 0 aliphatic carbocycles. The molecule has 9 heteroatoms. The van der Waals surface area contributed by atoms with Crippen molar-refractivity contribution in [3.8, 4) is 0 Å². The van der Waals surface area contributed by atoms with Crippen molar-refractivity contribution in [2.24, 2.45) is 14.1 Å². The molecule has 0 aromatic carbocycles. The molecule has 0 bridgehead atoms. The first-order valence-corrected chi connectivity index (χ1v) is 7.11. The molecule has 0 N–H and O–H groups in total. The summed E-state index contributed by atoms with van der Waals surface area (Å²) in [5, 5.41) is 3.51. The van der Waals surface area contributed by atoms with Crippen LogP contribution in [-0.2, 0) is 39.8 Å². The molecule has 0 saturated carbocycles. The maximum absolute atomic E-state index is 12.7. The standard InChI is InChI=1S/C14H16F3N5O/c1-20-8-18-11-7-22(4-3-10(11)13(20)23)6-9-5-12(14(15,16)17)19-21(9)2/h5,8H,3-4,6-7H2,1-2H3. The molecule has 6 nitrogen and oxygen atoms in total.